The van der Waals surface area contributed by atoms with Crippen molar-refractivity contribution in [3.05, 3.63) is 30.5 Å². The van der Waals surface area contributed by atoms with E-state index in [0.29, 0.717) is 18.0 Å². The van der Waals surface area contributed by atoms with Gasteiger partial charge in [0.15, 0.2) is 5.75 Å². The van der Waals surface area contributed by atoms with Gasteiger partial charge in [-0.25, -0.2) is 18.1 Å². The van der Waals surface area contributed by atoms with Crippen molar-refractivity contribution in [2.24, 2.45) is 0 Å². The van der Waals surface area contributed by atoms with Gasteiger partial charge in [0, 0.05) is 5.69 Å². The lowest BCUT2D eigenvalue weighted by molar-refractivity contribution is 0.213. The van der Waals surface area contributed by atoms with Gasteiger partial charge in [-0.2, -0.15) is 4.98 Å². The second kappa shape index (κ2) is 7.35. The highest BCUT2D eigenvalue weighted by Gasteiger charge is 2.18. The molecule has 0 aliphatic carbocycles. The molecule has 0 fully saturated rings. The van der Waals surface area contributed by atoms with Gasteiger partial charge < -0.3 is 15.2 Å². The average Bonchev–Trinajstić information content (AvgIpc) is 2.49. The van der Waals surface area contributed by atoms with Crippen LogP contribution in [0.5, 0.6) is 11.6 Å². The summed E-state index contributed by atoms with van der Waals surface area (Å²) in [5, 5.41) is 0. The highest BCUT2D eigenvalue weighted by Crippen LogP contribution is 2.26. The molecule has 1 heterocycles. The van der Waals surface area contributed by atoms with Crippen LogP contribution in [0.2, 0.25) is 0 Å². The number of benzene rings is 1. The van der Waals surface area contributed by atoms with E-state index in [1.165, 1.54) is 30.5 Å². The second-order valence-corrected chi connectivity index (χ2v) is 6.82. The maximum atomic E-state index is 12.4. The fourth-order valence-electron chi connectivity index (χ4n) is 1.79. The Bertz CT molecular complexity index is 792. The number of nitrogens with zero attached hydrogens (tertiary/aromatic N) is 2. The number of nitrogen functional groups attached to an aromatic ring is 1. The summed E-state index contributed by atoms with van der Waals surface area (Å²) in [4.78, 5) is 8.10. The topological polar surface area (TPSA) is 116 Å². The van der Waals surface area contributed by atoms with Crippen LogP contribution in [0, 0.1) is 0 Å². The molecule has 1 aromatic carbocycles. The number of anilines is 2. The maximum Gasteiger partial charge on any atom is 0.264 e. The minimum absolute atomic E-state index is 0.0560. The van der Waals surface area contributed by atoms with Crippen LogP contribution >= 0.6 is 0 Å². The molecular formula is C15H20N4O4S. The van der Waals surface area contributed by atoms with E-state index in [0.717, 1.165) is 0 Å². The molecule has 2 aromatic rings. The predicted molar refractivity (Wildman–Crippen MR) is 90.6 cm³/mol. The van der Waals surface area contributed by atoms with Crippen LogP contribution in [0.25, 0.3) is 0 Å². The Morgan fingerprint density at radius 1 is 1.25 bits per heavy atom. The van der Waals surface area contributed by atoms with Gasteiger partial charge in [0.2, 0.25) is 5.95 Å². The number of rotatable bonds is 7. The molecule has 0 aliphatic rings. The normalized spacial score (nSPS) is 11.3. The molecule has 0 aliphatic heterocycles. The van der Waals surface area contributed by atoms with Crippen LogP contribution < -0.4 is 19.9 Å². The molecule has 8 nitrogen and oxygen atoms in total. The number of nitrogens with one attached hydrogen (secondary N) is 1. The lowest BCUT2D eigenvalue weighted by Gasteiger charge is -2.14. The first-order chi connectivity index (χ1) is 11.3. The molecule has 0 saturated heterocycles. The molecule has 0 amide bonds. The molecule has 2 rings (SSSR count). The van der Waals surface area contributed by atoms with Crippen molar-refractivity contribution in [3.63, 3.8) is 0 Å². The van der Waals surface area contributed by atoms with Gasteiger partial charge in [-0.3, -0.25) is 0 Å². The van der Waals surface area contributed by atoms with Crippen LogP contribution in [0.3, 0.4) is 0 Å². The Morgan fingerprint density at radius 2 is 1.92 bits per heavy atom. The Balaban J connectivity index is 2.29. The van der Waals surface area contributed by atoms with Crippen LogP contribution in [-0.4, -0.2) is 31.1 Å². The Hall–Kier alpha value is -2.55. The van der Waals surface area contributed by atoms with Crippen LogP contribution in [0.15, 0.2) is 35.4 Å². The minimum atomic E-state index is -3.83. The van der Waals surface area contributed by atoms with Crippen molar-refractivity contribution < 1.29 is 17.9 Å². The van der Waals surface area contributed by atoms with Crippen LogP contribution in [0.1, 0.15) is 20.8 Å². The molecule has 0 radical (unpaired) electrons. The molecule has 0 unspecified atom stereocenters. The fraction of sp³-hybridized carbons (Fsp3) is 0.333. The van der Waals surface area contributed by atoms with Gasteiger partial charge in [-0.1, -0.05) is 0 Å². The Morgan fingerprint density at radius 3 is 2.50 bits per heavy atom. The standard InChI is InChI=1S/C15H20N4O4S/c1-4-22-13-9-17-15(18-14(13)23-10(2)3)19-24(20,21)12-7-5-11(16)6-8-12/h5-10H,4,16H2,1-3H3,(H,17,18,19). The second-order valence-electron chi connectivity index (χ2n) is 5.14. The smallest absolute Gasteiger partial charge is 0.264 e. The van der Waals surface area contributed by atoms with E-state index in [4.69, 9.17) is 15.2 Å². The molecule has 0 atom stereocenters. The first-order valence-corrected chi connectivity index (χ1v) is 8.85. The molecule has 0 spiro atoms. The van der Waals surface area contributed by atoms with Crippen LogP contribution in [0.4, 0.5) is 11.6 Å². The summed E-state index contributed by atoms with van der Waals surface area (Å²) in [6, 6.07) is 5.80. The van der Waals surface area contributed by atoms with E-state index < -0.39 is 10.0 Å². The molecule has 1 aromatic heterocycles. The van der Waals surface area contributed by atoms with Crippen molar-refractivity contribution >= 4 is 21.7 Å². The minimum Gasteiger partial charge on any atom is -0.487 e. The first-order valence-electron chi connectivity index (χ1n) is 7.36. The summed E-state index contributed by atoms with van der Waals surface area (Å²) in [5.41, 5.74) is 6.03. The zero-order valence-electron chi connectivity index (χ0n) is 13.7. The number of ether oxygens (including phenoxy) is 2. The zero-order chi connectivity index (χ0) is 17.7. The van der Waals surface area contributed by atoms with E-state index in [1.807, 2.05) is 20.8 Å². The molecule has 24 heavy (non-hydrogen) atoms. The monoisotopic (exact) mass is 352 g/mol. The van der Waals surface area contributed by atoms with Gasteiger partial charge in [0.25, 0.3) is 15.9 Å². The van der Waals surface area contributed by atoms with Crippen molar-refractivity contribution in [2.45, 2.75) is 31.8 Å². The van der Waals surface area contributed by atoms with Gasteiger partial charge in [-0.15, -0.1) is 0 Å². The van der Waals surface area contributed by atoms with Crippen molar-refractivity contribution in [1.29, 1.82) is 0 Å². The molecule has 3 N–H and O–H groups in total. The molecule has 0 saturated carbocycles. The van der Waals surface area contributed by atoms with Crippen molar-refractivity contribution in [2.75, 3.05) is 17.1 Å². The quantitative estimate of drug-likeness (QED) is 0.732. The lowest BCUT2D eigenvalue weighted by Crippen LogP contribution is -2.16. The summed E-state index contributed by atoms with van der Waals surface area (Å²) in [5.74, 6) is 0.421. The van der Waals surface area contributed by atoms with Crippen molar-refractivity contribution in [3.8, 4) is 11.6 Å². The van der Waals surface area contributed by atoms with Crippen LogP contribution in [-0.2, 0) is 10.0 Å². The summed E-state index contributed by atoms with van der Waals surface area (Å²) in [7, 11) is -3.83. The highest BCUT2D eigenvalue weighted by atomic mass is 32.2. The SMILES string of the molecule is CCOc1cnc(NS(=O)(=O)c2ccc(N)cc2)nc1OC(C)C. The first kappa shape index (κ1) is 17.8. The largest absolute Gasteiger partial charge is 0.487 e. The van der Waals surface area contributed by atoms with E-state index >= 15 is 0 Å². The number of hydrogen-bond donors (Lipinski definition) is 2. The third-order valence-corrected chi connectivity index (χ3v) is 4.13. The van der Waals surface area contributed by atoms with Gasteiger partial charge in [0.1, 0.15) is 0 Å². The van der Waals surface area contributed by atoms with Gasteiger partial charge in [0.05, 0.1) is 23.8 Å². The number of hydrogen-bond acceptors (Lipinski definition) is 7. The van der Waals surface area contributed by atoms with E-state index in [1.54, 1.807) is 0 Å². The van der Waals surface area contributed by atoms with Gasteiger partial charge in [-0.05, 0) is 45.0 Å². The predicted octanol–water partition coefficient (Wildman–Crippen LogP) is 2.05. The van der Waals surface area contributed by atoms with Crippen molar-refractivity contribution in [1.82, 2.24) is 9.97 Å². The number of nitrogens with two attached hydrogens (primary N) is 1. The summed E-state index contributed by atoms with van der Waals surface area (Å²) in [6.45, 7) is 5.89. The average molecular weight is 352 g/mol. The number of sulfonamides is 1. The maximum absolute atomic E-state index is 12.4. The third-order valence-electron chi connectivity index (χ3n) is 2.79. The van der Waals surface area contributed by atoms with E-state index in [9.17, 15) is 8.42 Å². The number of aromatic nitrogens is 2. The summed E-state index contributed by atoms with van der Waals surface area (Å²) < 4.78 is 37.9. The Labute approximate surface area is 141 Å². The molecule has 0 bridgehead atoms. The Kier molecular flexibility index (Phi) is 5.45. The summed E-state index contributed by atoms with van der Waals surface area (Å²) in [6.07, 6.45) is 1.22. The highest BCUT2D eigenvalue weighted by molar-refractivity contribution is 7.92. The molecule has 9 heteroatoms. The van der Waals surface area contributed by atoms with E-state index in [2.05, 4.69) is 14.7 Å². The summed E-state index contributed by atoms with van der Waals surface area (Å²) >= 11 is 0. The molecule has 130 valence electrons. The van der Waals surface area contributed by atoms with Gasteiger partial charge >= 0.3 is 0 Å². The molecular weight excluding hydrogens is 332 g/mol. The lowest BCUT2D eigenvalue weighted by atomic mass is 10.3. The van der Waals surface area contributed by atoms with E-state index in [-0.39, 0.29) is 22.8 Å². The fourth-order valence-corrected chi connectivity index (χ4v) is 2.74. The third kappa shape index (κ3) is 4.48. The zero-order valence-corrected chi connectivity index (χ0v) is 14.5.